The fourth-order valence-electron chi connectivity index (χ4n) is 2.32. The van der Waals surface area contributed by atoms with Crippen molar-refractivity contribution in [3.05, 3.63) is 24.3 Å². The van der Waals surface area contributed by atoms with E-state index >= 15 is 0 Å². The van der Waals surface area contributed by atoms with Crippen LogP contribution in [0.15, 0.2) is 24.3 Å². The zero-order valence-corrected chi connectivity index (χ0v) is 17.5. The largest absolute Gasteiger partial charge is 0.514 e. The Morgan fingerprint density at radius 3 is 2.37 bits per heavy atom. The number of carbonyl (C=O) groups excluding carboxylic acids is 3. The molecule has 3 N–H and O–H groups in total. The van der Waals surface area contributed by atoms with E-state index in [1.807, 2.05) is 0 Å². The second-order valence-electron chi connectivity index (χ2n) is 7.38. The Bertz CT molecular complexity index is 757. The lowest BCUT2D eigenvalue weighted by Gasteiger charge is -2.19. The molecule has 1 aromatic carbocycles. The van der Waals surface area contributed by atoms with Gasteiger partial charge in [0.25, 0.3) is 0 Å². The topological polar surface area (TPSA) is 140 Å². The van der Waals surface area contributed by atoms with Crippen LogP contribution in [0, 0.1) is 0 Å². The average molecular weight is 424 g/mol. The van der Waals surface area contributed by atoms with Crippen LogP contribution < -0.4 is 15.4 Å². The monoisotopic (exact) mass is 424 g/mol. The first-order valence-corrected chi connectivity index (χ1v) is 9.39. The molecule has 0 aliphatic heterocycles. The molecule has 30 heavy (non-hydrogen) atoms. The van der Waals surface area contributed by atoms with Gasteiger partial charge in [-0.3, -0.25) is 4.79 Å². The number of para-hydroxylation sites is 2. The number of aliphatic carboxylic acids is 1. The van der Waals surface area contributed by atoms with Crippen molar-refractivity contribution in [2.45, 2.75) is 58.1 Å². The normalized spacial score (nSPS) is 11.7. The van der Waals surface area contributed by atoms with Crippen LogP contribution in [0.5, 0.6) is 5.75 Å². The number of hydrogen-bond donors (Lipinski definition) is 3. The van der Waals surface area contributed by atoms with Gasteiger partial charge in [-0.1, -0.05) is 18.6 Å². The van der Waals surface area contributed by atoms with Crippen LogP contribution in [0.2, 0.25) is 0 Å². The predicted molar refractivity (Wildman–Crippen MR) is 107 cm³/mol. The number of alkyl carbamates (subject to hydrolysis) is 1. The highest BCUT2D eigenvalue weighted by molar-refractivity contribution is 5.92. The third kappa shape index (κ3) is 9.76. The summed E-state index contributed by atoms with van der Waals surface area (Å²) in [5, 5.41) is 14.0. The van der Waals surface area contributed by atoms with E-state index in [0.717, 1.165) is 7.11 Å². The summed E-state index contributed by atoms with van der Waals surface area (Å²) in [4.78, 5) is 46.3. The Kier molecular flexibility index (Phi) is 9.60. The first-order valence-electron chi connectivity index (χ1n) is 9.39. The summed E-state index contributed by atoms with van der Waals surface area (Å²) in [6.07, 6.45) is -0.664. The van der Waals surface area contributed by atoms with Crippen molar-refractivity contribution in [1.82, 2.24) is 5.32 Å². The summed E-state index contributed by atoms with van der Waals surface area (Å²) >= 11 is 0. The summed E-state index contributed by atoms with van der Waals surface area (Å²) in [7, 11) is 1.14. The molecular weight excluding hydrogens is 396 g/mol. The van der Waals surface area contributed by atoms with Crippen LogP contribution in [-0.4, -0.2) is 48.0 Å². The van der Waals surface area contributed by atoms with Gasteiger partial charge in [0, 0.05) is 6.42 Å². The number of rotatable bonds is 9. The molecule has 10 heteroatoms. The van der Waals surface area contributed by atoms with Crippen LogP contribution in [0.25, 0.3) is 0 Å². The molecule has 2 amide bonds. The Balaban J connectivity index is 2.53. The minimum absolute atomic E-state index is 0.116. The number of unbranched alkanes of at least 4 members (excludes halogenated alkanes) is 1. The van der Waals surface area contributed by atoms with Gasteiger partial charge in [-0.25, -0.2) is 14.4 Å². The van der Waals surface area contributed by atoms with E-state index in [1.165, 1.54) is 6.07 Å². The first-order chi connectivity index (χ1) is 14.0. The minimum Gasteiger partial charge on any atom is -0.480 e. The highest BCUT2D eigenvalue weighted by Gasteiger charge is 2.21. The summed E-state index contributed by atoms with van der Waals surface area (Å²) in [5.74, 6) is -1.37. The Labute approximate surface area is 174 Å². The predicted octanol–water partition coefficient (Wildman–Crippen LogP) is 3.31. The van der Waals surface area contributed by atoms with E-state index in [2.05, 4.69) is 15.4 Å². The fourth-order valence-corrected chi connectivity index (χ4v) is 2.32. The van der Waals surface area contributed by atoms with Crippen molar-refractivity contribution in [3.8, 4) is 5.75 Å². The van der Waals surface area contributed by atoms with Crippen LogP contribution in [0.1, 0.15) is 46.5 Å². The second kappa shape index (κ2) is 11.6. The maximum Gasteiger partial charge on any atom is 0.514 e. The lowest BCUT2D eigenvalue weighted by molar-refractivity contribution is -0.139. The third-order valence-electron chi connectivity index (χ3n) is 3.67. The van der Waals surface area contributed by atoms with Crippen molar-refractivity contribution < 1.29 is 38.5 Å². The lowest BCUT2D eigenvalue weighted by Crippen LogP contribution is -2.40. The van der Waals surface area contributed by atoms with Crippen molar-refractivity contribution >= 4 is 29.8 Å². The van der Waals surface area contributed by atoms with E-state index in [4.69, 9.17) is 14.6 Å². The fraction of sp³-hybridized carbons (Fsp3) is 0.500. The molecule has 0 spiro atoms. The SMILES string of the molecule is COC(=O)NC(CCCCC(=O)Nc1ccccc1OC(=O)OC(C)(C)C)C(=O)O. The van der Waals surface area contributed by atoms with Crippen LogP contribution in [-0.2, 0) is 19.1 Å². The summed E-state index contributed by atoms with van der Waals surface area (Å²) in [6.45, 7) is 5.12. The van der Waals surface area contributed by atoms with Gasteiger partial charge in [0.05, 0.1) is 12.8 Å². The van der Waals surface area contributed by atoms with E-state index < -0.39 is 29.9 Å². The summed E-state index contributed by atoms with van der Waals surface area (Å²) < 4.78 is 14.6. The molecule has 0 aliphatic carbocycles. The number of ether oxygens (including phenoxy) is 3. The van der Waals surface area contributed by atoms with E-state index in [9.17, 15) is 19.2 Å². The van der Waals surface area contributed by atoms with E-state index in [0.29, 0.717) is 18.5 Å². The second-order valence-corrected chi connectivity index (χ2v) is 7.38. The third-order valence-corrected chi connectivity index (χ3v) is 3.67. The number of amides is 2. The van der Waals surface area contributed by atoms with Gasteiger partial charge in [-0.2, -0.15) is 0 Å². The number of benzene rings is 1. The number of hydrogen-bond acceptors (Lipinski definition) is 7. The highest BCUT2D eigenvalue weighted by atomic mass is 16.7. The molecule has 0 aromatic heterocycles. The number of carboxylic acid groups (broad SMARTS) is 1. The Morgan fingerprint density at radius 1 is 1.10 bits per heavy atom. The number of carbonyl (C=O) groups is 4. The van der Waals surface area contributed by atoms with E-state index in [-0.39, 0.29) is 24.5 Å². The first kappa shape index (κ1) is 24.7. The van der Waals surface area contributed by atoms with Crippen molar-refractivity contribution in [1.29, 1.82) is 0 Å². The van der Waals surface area contributed by atoms with Crippen molar-refractivity contribution in [3.63, 3.8) is 0 Å². The molecule has 0 aliphatic rings. The molecule has 1 atom stereocenters. The van der Waals surface area contributed by atoms with Crippen LogP contribution >= 0.6 is 0 Å². The average Bonchev–Trinajstić information content (AvgIpc) is 2.63. The smallest absolute Gasteiger partial charge is 0.480 e. The molecule has 166 valence electrons. The van der Waals surface area contributed by atoms with Gasteiger partial charge in [0.2, 0.25) is 5.91 Å². The molecule has 0 bridgehead atoms. The minimum atomic E-state index is -1.18. The highest BCUT2D eigenvalue weighted by Crippen LogP contribution is 2.25. The van der Waals surface area contributed by atoms with Gasteiger partial charge < -0.3 is 30.0 Å². The molecule has 0 heterocycles. The molecule has 0 radical (unpaired) electrons. The van der Waals surface area contributed by atoms with Gasteiger partial charge in [-0.05, 0) is 45.7 Å². The van der Waals surface area contributed by atoms with Gasteiger partial charge in [-0.15, -0.1) is 0 Å². The van der Waals surface area contributed by atoms with Crippen LogP contribution in [0.4, 0.5) is 15.3 Å². The number of methoxy groups -OCH3 is 1. The van der Waals surface area contributed by atoms with Crippen molar-refractivity contribution in [2.75, 3.05) is 12.4 Å². The van der Waals surface area contributed by atoms with E-state index in [1.54, 1.807) is 39.0 Å². The zero-order chi connectivity index (χ0) is 22.7. The standard InChI is InChI=1S/C20H28N2O8/c1-20(2,3)30-19(27)29-15-11-7-5-9-13(15)21-16(23)12-8-6-10-14(17(24)25)22-18(26)28-4/h5,7,9,11,14H,6,8,10,12H2,1-4H3,(H,21,23)(H,22,26)(H,24,25). The Morgan fingerprint density at radius 2 is 1.77 bits per heavy atom. The maximum atomic E-state index is 12.2. The molecule has 1 aromatic rings. The number of carboxylic acids is 1. The quantitative estimate of drug-likeness (QED) is 0.312. The summed E-state index contributed by atoms with van der Waals surface area (Å²) in [5.41, 5.74) is -0.407. The van der Waals surface area contributed by atoms with Crippen molar-refractivity contribution in [2.24, 2.45) is 0 Å². The zero-order valence-electron chi connectivity index (χ0n) is 17.5. The van der Waals surface area contributed by atoms with Gasteiger partial charge in [0.1, 0.15) is 11.6 Å². The summed E-state index contributed by atoms with van der Waals surface area (Å²) in [6, 6.07) is 5.33. The Hall–Kier alpha value is -3.30. The molecule has 1 rings (SSSR count). The molecule has 0 saturated heterocycles. The molecule has 1 unspecified atom stereocenters. The molecular formula is C20H28N2O8. The molecule has 0 saturated carbocycles. The molecule has 0 fully saturated rings. The lowest BCUT2D eigenvalue weighted by atomic mass is 10.1. The number of anilines is 1. The maximum absolute atomic E-state index is 12.2. The molecule has 10 nitrogen and oxygen atoms in total. The van der Waals surface area contributed by atoms with Gasteiger partial charge >= 0.3 is 18.2 Å². The van der Waals surface area contributed by atoms with Gasteiger partial charge in [0.15, 0.2) is 5.75 Å². The number of nitrogens with one attached hydrogen (secondary N) is 2. The van der Waals surface area contributed by atoms with Crippen LogP contribution in [0.3, 0.4) is 0 Å².